The summed E-state index contributed by atoms with van der Waals surface area (Å²) in [7, 11) is 0. The fourth-order valence-electron chi connectivity index (χ4n) is 2.77. The molecule has 0 radical (unpaired) electrons. The summed E-state index contributed by atoms with van der Waals surface area (Å²) in [5, 5.41) is 5.39. The third kappa shape index (κ3) is 3.84. The van der Waals surface area contributed by atoms with E-state index in [9.17, 15) is 0 Å². The SMILES string of the molecule is CCCCc1c(C)nc2nc(SCC3CCOCO3)nn2c1C. The van der Waals surface area contributed by atoms with Crippen LogP contribution >= 0.6 is 11.8 Å². The Balaban J connectivity index is 1.76. The van der Waals surface area contributed by atoms with Crippen LogP contribution in [0.4, 0.5) is 0 Å². The summed E-state index contributed by atoms with van der Waals surface area (Å²) in [6.45, 7) is 7.54. The maximum absolute atomic E-state index is 5.56. The van der Waals surface area contributed by atoms with Gasteiger partial charge in [0.05, 0.1) is 12.7 Å². The van der Waals surface area contributed by atoms with Crippen LogP contribution in [-0.2, 0) is 15.9 Å². The molecule has 0 saturated carbocycles. The number of hydrogen-bond donors (Lipinski definition) is 0. The molecule has 126 valence electrons. The van der Waals surface area contributed by atoms with Gasteiger partial charge in [-0.1, -0.05) is 25.1 Å². The standard InChI is InChI=1S/C16H24N4O2S/c1-4-5-6-14-11(2)17-15-18-16(19-20(15)12(14)3)23-9-13-7-8-21-10-22-13/h13H,4-10H2,1-3H3. The van der Waals surface area contributed by atoms with Gasteiger partial charge in [0.25, 0.3) is 5.78 Å². The van der Waals surface area contributed by atoms with Gasteiger partial charge in [-0.2, -0.15) is 4.98 Å². The summed E-state index contributed by atoms with van der Waals surface area (Å²) < 4.78 is 12.6. The number of thioether (sulfide) groups is 1. The van der Waals surface area contributed by atoms with Gasteiger partial charge in [-0.3, -0.25) is 0 Å². The zero-order chi connectivity index (χ0) is 16.2. The maximum Gasteiger partial charge on any atom is 0.253 e. The number of aromatic nitrogens is 4. The van der Waals surface area contributed by atoms with Gasteiger partial charge in [0.2, 0.25) is 5.16 Å². The molecule has 1 saturated heterocycles. The third-order valence-corrected chi connectivity index (χ3v) is 5.15. The lowest BCUT2D eigenvalue weighted by Gasteiger charge is -2.21. The van der Waals surface area contributed by atoms with Crippen molar-refractivity contribution in [2.75, 3.05) is 19.2 Å². The van der Waals surface area contributed by atoms with E-state index < -0.39 is 0 Å². The predicted octanol–water partition coefficient (Wildman–Crippen LogP) is 2.94. The van der Waals surface area contributed by atoms with E-state index in [4.69, 9.17) is 9.47 Å². The van der Waals surface area contributed by atoms with Gasteiger partial charge < -0.3 is 9.47 Å². The van der Waals surface area contributed by atoms with Crippen LogP contribution in [0.2, 0.25) is 0 Å². The lowest BCUT2D eigenvalue weighted by Crippen LogP contribution is -2.25. The largest absolute Gasteiger partial charge is 0.355 e. The lowest BCUT2D eigenvalue weighted by molar-refractivity contribution is -0.130. The molecule has 2 aromatic heterocycles. The Morgan fingerprint density at radius 2 is 2.17 bits per heavy atom. The van der Waals surface area contributed by atoms with Crippen LogP contribution < -0.4 is 0 Å². The highest BCUT2D eigenvalue weighted by Crippen LogP contribution is 2.22. The van der Waals surface area contributed by atoms with Crippen LogP contribution in [0.25, 0.3) is 5.78 Å². The van der Waals surface area contributed by atoms with Crippen molar-refractivity contribution in [3.8, 4) is 0 Å². The molecule has 3 heterocycles. The van der Waals surface area contributed by atoms with Crippen LogP contribution in [0.3, 0.4) is 0 Å². The first kappa shape index (κ1) is 16.7. The molecule has 1 aliphatic heterocycles. The van der Waals surface area contributed by atoms with E-state index >= 15 is 0 Å². The minimum Gasteiger partial charge on any atom is -0.355 e. The molecule has 1 fully saturated rings. The molecule has 7 heteroatoms. The number of rotatable bonds is 6. The molecular formula is C16H24N4O2S. The molecule has 0 N–H and O–H groups in total. The predicted molar refractivity (Wildman–Crippen MR) is 89.9 cm³/mol. The minimum absolute atomic E-state index is 0.219. The Bertz CT molecular complexity index is 668. The average molecular weight is 336 g/mol. The number of unbranched alkanes of at least 4 members (excludes halogenated alkanes) is 1. The molecule has 0 amide bonds. The van der Waals surface area contributed by atoms with Crippen molar-refractivity contribution in [2.45, 2.75) is 57.7 Å². The zero-order valence-corrected chi connectivity index (χ0v) is 14.9. The second-order valence-electron chi connectivity index (χ2n) is 5.89. The highest BCUT2D eigenvalue weighted by molar-refractivity contribution is 7.99. The Labute approximate surface area is 141 Å². The first-order valence-electron chi connectivity index (χ1n) is 8.24. The van der Waals surface area contributed by atoms with E-state index in [2.05, 4.69) is 35.8 Å². The minimum atomic E-state index is 0.219. The summed E-state index contributed by atoms with van der Waals surface area (Å²) in [5.41, 5.74) is 3.52. The highest BCUT2D eigenvalue weighted by atomic mass is 32.2. The van der Waals surface area contributed by atoms with Crippen molar-refractivity contribution < 1.29 is 9.47 Å². The molecule has 23 heavy (non-hydrogen) atoms. The molecule has 2 aromatic rings. The smallest absolute Gasteiger partial charge is 0.253 e. The molecule has 0 aromatic carbocycles. The normalized spacial score (nSPS) is 18.7. The van der Waals surface area contributed by atoms with E-state index in [1.165, 1.54) is 18.4 Å². The van der Waals surface area contributed by atoms with Gasteiger partial charge in [0, 0.05) is 17.1 Å². The van der Waals surface area contributed by atoms with E-state index in [-0.39, 0.29) is 6.10 Å². The average Bonchev–Trinajstić information content (AvgIpc) is 2.97. The summed E-state index contributed by atoms with van der Waals surface area (Å²) >= 11 is 1.63. The van der Waals surface area contributed by atoms with E-state index in [1.54, 1.807) is 11.8 Å². The van der Waals surface area contributed by atoms with Gasteiger partial charge in [-0.25, -0.2) is 9.50 Å². The zero-order valence-electron chi connectivity index (χ0n) is 14.0. The van der Waals surface area contributed by atoms with Crippen LogP contribution in [0, 0.1) is 13.8 Å². The molecule has 0 aliphatic carbocycles. The molecule has 1 atom stereocenters. The van der Waals surface area contributed by atoms with Crippen molar-refractivity contribution in [2.24, 2.45) is 0 Å². The first-order chi connectivity index (χ1) is 11.2. The Hall–Kier alpha value is -1.18. The van der Waals surface area contributed by atoms with Crippen LogP contribution in [0.1, 0.15) is 43.1 Å². The number of fused-ring (bicyclic) bond motifs is 1. The lowest BCUT2D eigenvalue weighted by atomic mass is 10.1. The van der Waals surface area contributed by atoms with Crippen molar-refractivity contribution in [3.05, 3.63) is 17.0 Å². The van der Waals surface area contributed by atoms with Crippen molar-refractivity contribution in [1.29, 1.82) is 0 Å². The van der Waals surface area contributed by atoms with Gasteiger partial charge in [0.15, 0.2) is 0 Å². The molecule has 0 bridgehead atoms. The van der Waals surface area contributed by atoms with Gasteiger partial charge in [-0.05, 0) is 38.7 Å². The van der Waals surface area contributed by atoms with E-state index in [1.807, 2.05) is 4.52 Å². The number of hydrogen-bond acceptors (Lipinski definition) is 6. The third-order valence-electron chi connectivity index (χ3n) is 4.18. The quantitative estimate of drug-likeness (QED) is 0.756. The fraction of sp³-hybridized carbons (Fsp3) is 0.688. The van der Waals surface area contributed by atoms with Crippen molar-refractivity contribution in [3.63, 3.8) is 0 Å². The summed E-state index contributed by atoms with van der Waals surface area (Å²) in [5.74, 6) is 1.54. The first-order valence-corrected chi connectivity index (χ1v) is 9.22. The highest BCUT2D eigenvalue weighted by Gasteiger charge is 2.17. The summed E-state index contributed by atoms with van der Waals surface area (Å²) in [4.78, 5) is 9.19. The molecule has 1 aliphatic rings. The van der Waals surface area contributed by atoms with Gasteiger partial charge in [-0.15, -0.1) is 5.10 Å². The van der Waals surface area contributed by atoms with Crippen LogP contribution in [0.5, 0.6) is 0 Å². The summed E-state index contributed by atoms with van der Waals surface area (Å²) in [6.07, 6.45) is 4.55. The van der Waals surface area contributed by atoms with E-state index in [0.717, 1.165) is 41.7 Å². The number of ether oxygens (including phenoxy) is 2. The molecular weight excluding hydrogens is 312 g/mol. The molecule has 6 nitrogen and oxygen atoms in total. The van der Waals surface area contributed by atoms with Crippen molar-refractivity contribution >= 4 is 17.5 Å². The van der Waals surface area contributed by atoms with E-state index in [0.29, 0.717) is 12.6 Å². The summed E-state index contributed by atoms with van der Waals surface area (Å²) in [6, 6.07) is 0. The second kappa shape index (κ2) is 7.59. The van der Waals surface area contributed by atoms with Crippen LogP contribution in [0.15, 0.2) is 5.16 Å². The fourth-order valence-corrected chi connectivity index (χ4v) is 3.65. The van der Waals surface area contributed by atoms with Crippen LogP contribution in [-0.4, -0.2) is 44.8 Å². The Morgan fingerprint density at radius 3 is 2.91 bits per heavy atom. The maximum atomic E-state index is 5.56. The van der Waals surface area contributed by atoms with Gasteiger partial charge in [0.1, 0.15) is 6.79 Å². The van der Waals surface area contributed by atoms with Crippen molar-refractivity contribution in [1.82, 2.24) is 19.6 Å². The second-order valence-corrected chi connectivity index (χ2v) is 6.87. The Kier molecular flexibility index (Phi) is 5.50. The van der Waals surface area contributed by atoms with Gasteiger partial charge >= 0.3 is 0 Å². The molecule has 1 unspecified atom stereocenters. The molecule has 0 spiro atoms. The monoisotopic (exact) mass is 336 g/mol. The number of aryl methyl sites for hydroxylation is 2. The Morgan fingerprint density at radius 1 is 1.30 bits per heavy atom. The topological polar surface area (TPSA) is 61.5 Å². The molecule has 3 rings (SSSR count). The number of nitrogens with zero attached hydrogens (tertiary/aromatic N) is 4.